The molecule has 17 heteroatoms. The molecule has 0 nitrogen and oxygen atoms in total. The van der Waals surface area contributed by atoms with E-state index < -0.39 is 21.8 Å². The summed E-state index contributed by atoms with van der Waals surface area (Å²) < 4.78 is 117. The van der Waals surface area contributed by atoms with Crippen molar-refractivity contribution >= 4 is 34.2 Å². The van der Waals surface area contributed by atoms with Gasteiger partial charge in [0.2, 0.25) is 0 Å². The van der Waals surface area contributed by atoms with Gasteiger partial charge < -0.3 is 53.2 Å². The number of rotatable bonds is 0. The van der Waals surface area contributed by atoms with Gasteiger partial charge in [0.1, 0.15) is 0 Å². The van der Waals surface area contributed by atoms with Crippen LogP contribution in [0.2, 0.25) is 0 Å². The predicted molar refractivity (Wildman–Crippen MR) is 38.9 cm³/mol. The molecule has 0 aliphatic carbocycles. The molecule has 0 aromatic carbocycles. The molecular formula is H2B3ClF12Na-3. The van der Waals surface area contributed by atoms with Crippen molar-refractivity contribution in [1.82, 2.24) is 0 Å². The molecule has 0 bridgehead atoms. The van der Waals surface area contributed by atoms with Crippen LogP contribution < -0.4 is 29.6 Å². The van der Waals surface area contributed by atoms with Gasteiger partial charge in [0.15, 0.2) is 0 Å². The van der Waals surface area contributed by atoms with Crippen molar-refractivity contribution in [2.24, 2.45) is 0 Å². The van der Waals surface area contributed by atoms with E-state index in [9.17, 15) is 51.8 Å². The summed E-state index contributed by atoms with van der Waals surface area (Å²) in [6, 6.07) is 0. The average Bonchev–Trinajstić information content (AvgIpc) is 1.41. The third kappa shape index (κ3) is 8590. The van der Waals surface area contributed by atoms with Gasteiger partial charge in [0.25, 0.3) is 0 Å². The summed E-state index contributed by atoms with van der Waals surface area (Å²) in [6.45, 7) is 0. The van der Waals surface area contributed by atoms with Gasteiger partial charge in [-0.3, -0.25) is 0 Å². The van der Waals surface area contributed by atoms with E-state index in [0.29, 0.717) is 0 Å². The molecule has 0 saturated heterocycles. The van der Waals surface area contributed by atoms with Crippen molar-refractivity contribution in [1.29, 1.82) is 0 Å². The molecule has 0 amide bonds. The number of hydrogen-bond donors (Lipinski definition) is 0. The smallest absolute Gasteiger partial charge is 1.00 e. The standard InChI is InChI=1S/3BF4.ClH.Na.H/c3*2-1(3,4)5;;;/h;;;1H;;/q3*-1;;+1;-1. The van der Waals surface area contributed by atoms with Crippen molar-refractivity contribution in [3.8, 4) is 0 Å². The summed E-state index contributed by atoms with van der Waals surface area (Å²) in [7, 11) is -18.0. The Kier molecular flexibility index (Phi) is 21.1. The van der Waals surface area contributed by atoms with E-state index >= 15 is 0 Å². The first-order valence-corrected chi connectivity index (χ1v) is 2.62. The van der Waals surface area contributed by atoms with E-state index in [4.69, 9.17) is 0 Å². The van der Waals surface area contributed by atoms with Crippen LogP contribution in [0.3, 0.4) is 0 Å². The molecule has 0 radical (unpaired) electrons. The predicted octanol–water partition coefficient (Wildman–Crippen LogP) is 1.44. The Bertz CT molecular complexity index is 102. The minimum atomic E-state index is -6.00. The normalized spacial score (nSPS) is 10.6. The Balaban J connectivity index is -0.0000000277. The molecule has 0 aromatic heterocycles. The molecule has 0 aliphatic heterocycles. The monoisotopic (exact) mass is 321 g/mol. The second kappa shape index (κ2) is 11.7. The van der Waals surface area contributed by atoms with Gasteiger partial charge in [-0.15, -0.1) is 12.4 Å². The van der Waals surface area contributed by atoms with Crippen LogP contribution in [0.5, 0.6) is 0 Å². The zero-order chi connectivity index (χ0) is 13.5. The molecule has 0 N–H and O–H groups in total. The van der Waals surface area contributed by atoms with Crippen molar-refractivity contribution < 1.29 is 82.8 Å². The molecular weight excluding hydrogens is 319 g/mol. The maximum absolute atomic E-state index is 9.75. The molecule has 0 fully saturated rings. The molecule has 0 unspecified atom stereocenters. The maximum atomic E-state index is 9.75. The molecule has 106 valence electrons. The quantitative estimate of drug-likeness (QED) is 0.468. The van der Waals surface area contributed by atoms with Gasteiger partial charge in [0.05, 0.1) is 0 Å². The molecule has 0 atom stereocenters. The van der Waals surface area contributed by atoms with Crippen LogP contribution in [0.4, 0.5) is 51.8 Å². The maximum Gasteiger partial charge on any atom is 1.00 e. The van der Waals surface area contributed by atoms with Crippen molar-refractivity contribution in [2.45, 2.75) is 0 Å². The van der Waals surface area contributed by atoms with E-state index in [1.54, 1.807) is 0 Å². The summed E-state index contributed by atoms with van der Waals surface area (Å²) in [4.78, 5) is 0. The topological polar surface area (TPSA) is 0 Å². The fourth-order valence-corrected chi connectivity index (χ4v) is 0. The summed E-state index contributed by atoms with van der Waals surface area (Å²) in [6.07, 6.45) is 0. The van der Waals surface area contributed by atoms with Crippen LogP contribution >= 0.6 is 12.4 Å². The molecule has 0 aliphatic rings. The third-order valence-electron chi connectivity index (χ3n) is 0. The summed E-state index contributed by atoms with van der Waals surface area (Å²) in [5, 5.41) is 0. The molecule has 0 rings (SSSR count). The molecule has 0 spiro atoms. The van der Waals surface area contributed by atoms with Crippen LogP contribution in [0.1, 0.15) is 1.43 Å². The van der Waals surface area contributed by atoms with Gasteiger partial charge in [-0.1, -0.05) is 0 Å². The molecule has 17 heavy (non-hydrogen) atoms. The number of hydrogen-bond acceptors (Lipinski definition) is 0. The Morgan fingerprint density at radius 3 is 0.412 bits per heavy atom. The fourth-order valence-electron chi connectivity index (χ4n) is 0. The summed E-state index contributed by atoms with van der Waals surface area (Å²) in [5.41, 5.74) is 0. The minimum Gasteiger partial charge on any atom is -1.00 e. The van der Waals surface area contributed by atoms with Crippen molar-refractivity contribution in [2.75, 3.05) is 0 Å². The number of halogens is 13. The first-order chi connectivity index (χ1) is 6.00. The Hall–Kier alpha value is 0.645. The van der Waals surface area contributed by atoms with E-state index in [1.807, 2.05) is 0 Å². The van der Waals surface area contributed by atoms with Gasteiger partial charge in [-0.05, 0) is 0 Å². The largest absolute Gasteiger partial charge is 1.00 e. The van der Waals surface area contributed by atoms with Gasteiger partial charge >= 0.3 is 51.3 Å². The molecule has 0 heterocycles. The van der Waals surface area contributed by atoms with E-state index in [0.717, 1.165) is 0 Å². The van der Waals surface area contributed by atoms with Gasteiger partial charge in [-0.25, -0.2) is 0 Å². The second-order valence-corrected chi connectivity index (χ2v) is 1.48. The van der Waals surface area contributed by atoms with Gasteiger partial charge in [0, 0.05) is 0 Å². The molecule has 0 aromatic rings. The SMILES string of the molecule is Cl.F[B-](F)(F)F.F[B-](F)(F)F.F[B-](F)(F)F.[H-].[Na+]. The second-order valence-electron chi connectivity index (χ2n) is 1.48. The summed E-state index contributed by atoms with van der Waals surface area (Å²) in [5.74, 6) is 0. The zero-order valence-corrected chi connectivity index (χ0v) is 10.5. The first kappa shape index (κ1) is 30.6. The Morgan fingerprint density at radius 1 is 0.412 bits per heavy atom. The van der Waals surface area contributed by atoms with Crippen LogP contribution in [0, 0.1) is 0 Å². The fraction of sp³-hybridized carbons (Fsp3) is 0. The van der Waals surface area contributed by atoms with Crippen molar-refractivity contribution in [3.05, 3.63) is 0 Å². The summed E-state index contributed by atoms with van der Waals surface area (Å²) >= 11 is 0. The Morgan fingerprint density at radius 2 is 0.412 bits per heavy atom. The first-order valence-electron chi connectivity index (χ1n) is 2.62. The van der Waals surface area contributed by atoms with Crippen LogP contribution in [-0.2, 0) is 0 Å². The minimum absolute atomic E-state index is 0. The average molecular weight is 321 g/mol. The van der Waals surface area contributed by atoms with Crippen molar-refractivity contribution in [3.63, 3.8) is 0 Å². The third-order valence-corrected chi connectivity index (χ3v) is 0. The van der Waals surface area contributed by atoms with E-state index in [-0.39, 0.29) is 43.4 Å². The van der Waals surface area contributed by atoms with Crippen LogP contribution in [0.15, 0.2) is 0 Å². The van der Waals surface area contributed by atoms with E-state index in [2.05, 4.69) is 0 Å². The zero-order valence-electron chi connectivity index (χ0n) is 8.68. The molecule has 0 saturated carbocycles. The van der Waals surface area contributed by atoms with E-state index in [1.165, 1.54) is 0 Å². The Labute approximate surface area is 117 Å². The van der Waals surface area contributed by atoms with Gasteiger partial charge in [-0.2, -0.15) is 0 Å². The van der Waals surface area contributed by atoms with Crippen LogP contribution in [-0.4, -0.2) is 21.8 Å². The van der Waals surface area contributed by atoms with Crippen LogP contribution in [0.25, 0.3) is 0 Å².